The first-order valence-corrected chi connectivity index (χ1v) is 3.92. The van der Waals surface area contributed by atoms with Gasteiger partial charge in [-0.05, 0) is 13.0 Å². The van der Waals surface area contributed by atoms with E-state index in [1.165, 1.54) is 0 Å². The van der Waals surface area contributed by atoms with E-state index in [1.54, 1.807) is 27.1 Å². The van der Waals surface area contributed by atoms with Crippen molar-refractivity contribution >= 4 is 12.7 Å². The highest BCUT2D eigenvalue weighted by Gasteiger charge is 2.30. The molecule has 0 fully saturated rings. The maximum atomic E-state index is 12.3. The fraction of sp³-hybridized carbons (Fsp3) is 0.333. The highest BCUT2D eigenvalue weighted by Crippen LogP contribution is 2.28. The van der Waals surface area contributed by atoms with E-state index in [0.717, 1.165) is 12.1 Å². The molecule has 1 aromatic carbocycles. The first-order valence-electron chi connectivity index (χ1n) is 3.92. The molecule has 1 aromatic rings. The van der Waals surface area contributed by atoms with Gasteiger partial charge < -0.3 is 0 Å². The molecule has 13 heavy (non-hydrogen) atoms. The average molecular weight is 185 g/mol. The van der Waals surface area contributed by atoms with Crippen LogP contribution in [0.3, 0.4) is 0 Å². The number of aryl methyl sites for hydroxylation is 1. The molecular formula is C9H9BF3. The van der Waals surface area contributed by atoms with Crippen molar-refractivity contribution in [3.05, 3.63) is 29.3 Å². The minimum atomic E-state index is -4.25. The molecule has 0 spiro atoms. The smallest absolute Gasteiger partial charge is 0.166 e. The van der Waals surface area contributed by atoms with Crippen LogP contribution in [0.2, 0.25) is 6.82 Å². The highest BCUT2D eigenvalue weighted by molar-refractivity contribution is 6.51. The third kappa shape index (κ3) is 2.51. The van der Waals surface area contributed by atoms with E-state index in [9.17, 15) is 13.2 Å². The largest absolute Gasteiger partial charge is 0.416 e. The summed E-state index contributed by atoms with van der Waals surface area (Å²) in [6.45, 7) is 3.37. The Kier molecular flexibility index (Phi) is 2.69. The van der Waals surface area contributed by atoms with Crippen molar-refractivity contribution in [2.75, 3.05) is 0 Å². The standard InChI is InChI=1S/C9H9BF3/c1-6-3-7(9(11,12)13)5-8(4-6)10-2/h3-5H,1-2H3. The molecule has 0 atom stereocenters. The molecule has 0 aliphatic heterocycles. The summed E-state index contributed by atoms with van der Waals surface area (Å²) in [6, 6.07) is 4.01. The Morgan fingerprint density at radius 1 is 1.15 bits per heavy atom. The molecule has 1 radical (unpaired) electrons. The van der Waals surface area contributed by atoms with Gasteiger partial charge in [-0.15, -0.1) is 0 Å². The van der Waals surface area contributed by atoms with E-state index in [0.29, 0.717) is 11.0 Å². The van der Waals surface area contributed by atoms with E-state index in [1.807, 2.05) is 0 Å². The monoisotopic (exact) mass is 185 g/mol. The summed E-state index contributed by atoms with van der Waals surface area (Å²) in [7, 11) is 1.66. The Morgan fingerprint density at radius 2 is 1.77 bits per heavy atom. The summed E-state index contributed by atoms with van der Waals surface area (Å²) in [4.78, 5) is 0. The molecule has 0 aliphatic carbocycles. The van der Waals surface area contributed by atoms with E-state index in [4.69, 9.17) is 0 Å². The molecule has 0 heterocycles. The zero-order valence-corrected chi connectivity index (χ0v) is 7.44. The molecule has 0 amide bonds. The zero-order chi connectivity index (χ0) is 10.1. The van der Waals surface area contributed by atoms with Gasteiger partial charge in [0.25, 0.3) is 0 Å². The average Bonchev–Trinajstić information content (AvgIpc) is 2.01. The molecule has 0 unspecified atom stereocenters. The second-order valence-electron chi connectivity index (χ2n) is 2.92. The summed E-state index contributed by atoms with van der Waals surface area (Å²) in [5.41, 5.74) is 0.649. The quantitative estimate of drug-likeness (QED) is 0.589. The van der Waals surface area contributed by atoms with Crippen LogP contribution in [0.25, 0.3) is 0 Å². The first-order chi connectivity index (χ1) is 5.93. The maximum absolute atomic E-state index is 12.3. The van der Waals surface area contributed by atoms with Crippen molar-refractivity contribution in [2.24, 2.45) is 0 Å². The van der Waals surface area contributed by atoms with Crippen LogP contribution >= 0.6 is 0 Å². The minimum absolute atomic E-state index is 0.583. The van der Waals surface area contributed by atoms with Crippen molar-refractivity contribution in [3.63, 3.8) is 0 Å². The van der Waals surface area contributed by atoms with Gasteiger partial charge in [0, 0.05) is 0 Å². The van der Waals surface area contributed by atoms with Crippen LogP contribution in [0.4, 0.5) is 13.2 Å². The lowest BCUT2D eigenvalue weighted by Crippen LogP contribution is -2.16. The second kappa shape index (κ2) is 3.44. The molecule has 0 aromatic heterocycles. The van der Waals surface area contributed by atoms with Gasteiger partial charge >= 0.3 is 6.18 Å². The van der Waals surface area contributed by atoms with Gasteiger partial charge in [0.05, 0.1) is 5.56 Å². The van der Waals surface area contributed by atoms with Gasteiger partial charge in [0.1, 0.15) is 7.28 Å². The molecule has 0 aliphatic rings. The van der Waals surface area contributed by atoms with E-state index < -0.39 is 11.7 Å². The zero-order valence-electron chi connectivity index (χ0n) is 7.44. The summed E-state index contributed by atoms with van der Waals surface area (Å²) in [5, 5.41) is 0. The SMILES string of the molecule is C[B]c1cc(C)cc(C(F)(F)F)c1. The lowest BCUT2D eigenvalue weighted by atomic mass is 9.72. The highest BCUT2D eigenvalue weighted by atomic mass is 19.4. The van der Waals surface area contributed by atoms with Crippen LogP contribution in [0.1, 0.15) is 11.1 Å². The van der Waals surface area contributed by atoms with Crippen molar-refractivity contribution in [3.8, 4) is 0 Å². The van der Waals surface area contributed by atoms with E-state index in [2.05, 4.69) is 0 Å². The molecule has 0 saturated carbocycles. The number of hydrogen-bond acceptors (Lipinski definition) is 0. The van der Waals surface area contributed by atoms with E-state index in [-0.39, 0.29) is 0 Å². The van der Waals surface area contributed by atoms with Crippen LogP contribution < -0.4 is 5.46 Å². The summed E-state index contributed by atoms with van der Waals surface area (Å²) >= 11 is 0. The second-order valence-corrected chi connectivity index (χ2v) is 2.92. The predicted octanol–water partition coefficient (Wildman–Crippen LogP) is 2.39. The van der Waals surface area contributed by atoms with Crippen LogP contribution in [-0.2, 0) is 6.18 Å². The van der Waals surface area contributed by atoms with Gasteiger partial charge in [-0.1, -0.05) is 30.0 Å². The molecule has 0 saturated heterocycles. The molecular weight excluding hydrogens is 176 g/mol. The number of alkyl halides is 3. The van der Waals surface area contributed by atoms with Gasteiger partial charge in [-0.25, -0.2) is 0 Å². The number of benzene rings is 1. The molecule has 0 bridgehead atoms. The fourth-order valence-corrected chi connectivity index (χ4v) is 1.14. The minimum Gasteiger partial charge on any atom is -0.166 e. The Hall–Kier alpha value is -0.925. The van der Waals surface area contributed by atoms with E-state index >= 15 is 0 Å². The first kappa shape index (κ1) is 10.2. The van der Waals surface area contributed by atoms with Crippen molar-refractivity contribution < 1.29 is 13.2 Å². The Bertz CT molecular complexity index is 304. The van der Waals surface area contributed by atoms with Gasteiger partial charge in [-0.2, -0.15) is 13.2 Å². The molecule has 69 valence electrons. The Morgan fingerprint density at radius 3 is 2.23 bits per heavy atom. The molecule has 4 heteroatoms. The fourth-order valence-electron chi connectivity index (χ4n) is 1.14. The van der Waals surface area contributed by atoms with Gasteiger partial charge in [0.15, 0.2) is 0 Å². The number of rotatable bonds is 1. The van der Waals surface area contributed by atoms with Crippen LogP contribution in [0, 0.1) is 6.92 Å². The predicted molar refractivity (Wildman–Crippen MR) is 47.4 cm³/mol. The topological polar surface area (TPSA) is 0 Å². The van der Waals surface area contributed by atoms with Crippen LogP contribution in [0.15, 0.2) is 18.2 Å². The lowest BCUT2D eigenvalue weighted by molar-refractivity contribution is -0.137. The van der Waals surface area contributed by atoms with Crippen LogP contribution in [-0.4, -0.2) is 7.28 Å². The summed E-state index contributed by atoms with van der Waals surface area (Å²) in [5.74, 6) is 0. The van der Waals surface area contributed by atoms with Crippen molar-refractivity contribution in [2.45, 2.75) is 19.9 Å². The van der Waals surface area contributed by atoms with Gasteiger partial charge in [0.2, 0.25) is 0 Å². The Labute approximate surface area is 76.0 Å². The van der Waals surface area contributed by atoms with Gasteiger partial charge in [-0.3, -0.25) is 0 Å². The normalized spacial score (nSPS) is 11.5. The summed E-state index contributed by atoms with van der Waals surface area (Å²) in [6.07, 6.45) is -4.25. The van der Waals surface area contributed by atoms with Crippen molar-refractivity contribution in [1.29, 1.82) is 0 Å². The lowest BCUT2D eigenvalue weighted by Gasteiger charge is -2.09. The molecule has 1 rings (SSSR count). The third-order valence-corrected chi connectivity index (χ3v) is 1.76. The molecule has 0 N–H and O–H groups in total. The summed E-state index contributed by atoms with van der Waals surface area (Å²) < 4.78 is 36.8. The number of halogens is 3. The third-order valence-electron chi connectivity index (χ3n) is 1.76. The molecule has 0 nitrogen and oxygen atoms in total. The number of hydrogen-bond donors (Lipinski definition) is 0. The Balaban J connectivity index is 3.16. The van der Waals surface area contributed by atoms with Crippen LogP contribution in [0.5, 0.6) is 0 Å². The van der Waals surface area contributed by atoms with Crippen molar-refractivity contribution in [1.82, 2.24) is 0 Å². The maximum Gasteiger partial charge on any atom is 0.416 e.